The van der Waals surface area contributed by atoms with Crippen LogP contribution in [-0.2, 0) is 11.3 Å². The number of aromatic nitrogens is 1. The zero-order valence-corrected chi connectivity index (χ0v) is 13.1. The van der Waals surface area contributed by atoms with E-state index in [1.165, 1.54) is 0 Å². The zero-order chi connectivity index (χ0) is 16.5. The van der Waals surface area contributed by atoms with Gasteiger partial charge in [0.05, 0.1) is 5.69 Å². The molecule has 1 aliphatic heterocycles. The van der Waals surface area contributed by atoms with Gasteiger partial charge in [0.15, 0.2) is 0 Å². The summed E-state index contributed by atoms with van der Waals surface area (Å²) in [5.41, 5.74) is 3.54. The molecular weight excluding hydrogens is 302 g/mol. The summed E-state index contributed by atoms with van der Waals surface area (Å²) in [7, 11) is 0. The van der Waals surface area contributed by atoms with Crippen molar-refractivity contribution in [2.45, 2.75) is 13.0 Å². The van der Waals surface area contributed by atoms with Crippen LogP contribution in [0, 0.1) is 0 Å². The molecule has 0 fully saturated rings. The van der Waals surface area contributed by atoms with Crippen molar-refractivity contribution in [2.24, 2.45) is 0 Å². The van der Waals surface area contributed by atoms with Crippen LogP contribution in [0.3, 0.4) is 0 Å². The first-order valence-corrected chi connectivity index (χ1v) is 7.95. The van der Waals surface area contributed by atoms with E-state index in [1.54, 1.807) is 4.90 Å². The Bertz CT molecular complexity index is 929. The van der Waals surface area contributed by atoms with Crippen LogP contribution in [0.4, 0.5) is 5.69 Å². The van der Waals surface area contributed by atoms with Gasteiger partial charge in [0.2, 0.25) is 5.91 Å². The molecule has 0 aliphatic carbocycles. The number of hydrogen-bond donors (Lipinski definition) is 2. The highest BCUT2D eigenvalue weighted by atomic mass is 16.2. The fourth-order valence-electron chi connectivity index (χ4n) is 3.14. The first-order valence-electron chi connectivity index (χ1n) is 7.95. The first-order chi connectivity index (χ1) is 11.7. The Kier molecular flexibility index (Phi) is 3.54. The van der Waals surface area contributed by atoms with Crippen molar-refractivity contribution in [3.05, 3.63) is 65.9 Å². The second kappa shape index (κ2) is 5.85. The largest absolute Gasteiger partial charge is 0.361 e. The summed E-state index contributed by atoms with van der Waals surface area (Å²) in [6.07, 6.45) is 2.13. The number of carbonyl (C=O) groups is 2. The van der Waals surface area contributed by atoms with Gasteiger partial charge < -0.3 is 15.2 Å². The number of amides is 2. The summed E-state index contributed by atoms with van der Waals surface area (Å²) in [4.78, 5) is 29.4. The summed E-state index contributed by atoms with van der Waals surface area (Å²) >= 11 is 0. The molecule has 0 atom stereocenters. The molecule has 4 rings (SSSR count). The van der Waals surface area contributed by atoms with Crippen LogP contribution in [-0.4, -0.2) is 28.2 Å². The number of fused-ring (bicyclic) bond motifs is 2. The van der Waals surface area contributed by atoms with E-state index in [0.717, 1.165) is 27.7 Å². The third-order valence-electron chi connectivity index (χ3n) is 4.37. The van der Waals surface area contributed by atoms with Gasteiger partial charge in [-0.15, -0.1) is 0 Å². The van der Waals surface area contributed by atoms with E-state index >= 15 is 0 Å². The lowest BCUT2D eigenvalue weighted by Crippen LogP contribution is -2.28. The number of hydrogen-bond acceptors (Lipinski definition) is 2. The minimum absolute atomic E-state index is 0.00568. The molecular formula is C19H17N3O2. The average Bonchev–Trinajstić information content (AvgIpc) is 3.19. The van der Waals surface area contributed by atoms with E-state index in [9.17, 15) is 9.59 Å². The van der Waals surface area contributed by atoms with Gasteiger partial charge in [-0.05, 0) is 29.8 Å². The minimum Gasteiger partial charge on any atom is -0.361 e. The Morgan fingerprint density at radius 1 is 1.12 bits per heavy atom. The fourth-order valence-corrected chi connectivity index (χ4v) is 3.14. The monoisotopic (exact) mass is 319 g/mol. The molecule has 5 nitrogen and oxygen atoms in total. The molecule has 0 saturated heterocycles. The molecule has 0 bridgehead atoms. The molecule has 0 radical (unpaired) electrons. The van der Waals surface area contributed by atoms with Gasteiger partial charge in [-0.1, -0.05) is 24.3 Å². The minimum atomic E-state index is -0.0903. The van der Waals surface area contributed by atoms with Crippen molar-refractivity contribution in [1.29, 1.82) is 0 Å². The summed E-state index contributed by atoms with van der Waals surface area (Å²) in [5, 5.41) is 3.92. The van der Waals surface area contributed by atoms with E-state index < -0.39 is 0 Å². The van der Waals surface area contributed by atoms with Crippen LogP contribution < -0.4 is 5.32 Å². The highest BCUT2D eigenvalue weighted by Gasteiger charge is 2.26. The van der Waals surface area contributed by atoms with Crippen LogP contribution in [0.5, 0.6) is 0 Å². The number of carbonyl (C=O) groups excluding carboxylic acids is 2. The molecule has 0 saturated carbocycles. The number of nitrogens with zero attached hydrogens (tertiary/aromatic N) is 1. The number of anilines is 1. The van der Waals surface area contributed by atoms with Crippen LogP contribution in [0.15, 0.2) is 54.7 Å². The van der Waals surface area contributed by atoms with Gasteiger partial charge in [0.25, 0.3) is 5.91 Å². The van der Waals surface area contributed by atoms with Crippen molar-refractivity contribution in [1.82, 2.24) is 9.88 Å². The highest BCUT2D eigenvalue weighted by Crippen LogP contribution is 2.24. The van der Waals surface area contributed by atoms with Crippen molar-refractivity contribution in [2.75, 3.05) is 11.9 Å². The highest BCUT2D eigenvalue weighted by molar-refractivity contribution is 6.02. The number of nitrogens with one attached hydrogen (secondary N) is 2. The van der Waals surface area contributed by atoms with Crippen LogP contribution in [0.1, 0.15) is 22.3 Å². The maximum Gasteiger partial charge on any atom is 0.254 e. The second-order valence-electron chi connectivity index (χ2n) is 5.93. The second-order valence-corrected chi connectivity index (χ2v) is 5.93. The molecule has 2 heterocycles. The summed E-state index contributed by atoms with van der Waals surface area (Å²) in [6, 6.07) is 15.3. The van der Waals surface area contributed by atoms with E-state index in [1.807, 2.05) is 54.7 Å². The quantitative estimate of drug-likeness (QED) is 0.776. The van der Waals surface area contributed by atoms with Gasteiger partial charge in [0, 0.05) is 42.2 Å². The van der Waals surface area contributed by atoms with Crippen LogP contribution >= 0.6 is 0 Å². The third-order valence-corrected chi connectivity index (χ3v) is 4.37. The molecule has 5 heteroatoms. The Labute approximate surface area is 139 Å². The molecule has 2 aromatic carbocycles. The molecule has 3 aromatic rings. The molecule has 1 aliphatic rings. The van der Waals surface area contributed by atoms with E-state index in [2.05, 4.69) is 10.3 Å². The third kappa shape index (κ3) is 2.54. The van der Waals surface area contributed by atoms with Crippen molar-refractivity contribution >= 4 is 28.4 Å². The molecule has 24 heavy (non-hydrogen) atoms. The predicted octanol–water partition coefficient (Wildman–Crippen LogP) is 3.15. The predicted molar refractivity (Wildman–Crippen MR) is 92.7 cm³/mol. The topological polar surface area (TPSA) is 65.2 Å². The summed E-state index contributed by atoms with van der Waals surface area (Å²) in [5.74, 6) is -0.0846. The SMILES string of the molecule is O=C(CCN1Cc2ccccc2C1=O)Nc1cccc2[nH]ccc12. The standard InChI is InChI=1S/C19H17N3O2/c23-18(21-17-7-3-6-16-15(17)8-10-20-16)9-11-22-12-13-4-1-2-5-14(13)19(22)24/h1-8,10,20H,9,11-12H2,(H,21,23). The molecule has 0 spiro atoms. The van der Waals surface area contributed by atoms with E-state index in [-0.39, 0.29) is 18.2 Å². The van der Waals surface area contributed by atoms with Gasteiger partial charge in [-0.25, -0.2) is 0 Å². The Morgan fingerprint density at radius 2 is 2.00 bits per heavy atom. The van der Waals surface area contributed by atoms with Crippen LogP contribution in [0.25, 0.3) is 10.9 Å². The maximum atomic E-state index is 12.3. The molecule has 0 unspecified atom stereocenters. The van der Waals surface area contributed by atoms with Crippen molar-refractivity contribution in [3.63, 3.8) is 0 Å². The maximum absolute atomic E-state index is 12.3. The smallest absolute Gasteiger partial charge is 0.254 e. The molecule has 1 aromatic heterocycles. The number of aromatic amines is 1. The normalized spacial score (nSPS) is 13.3. The Morgan fingerprint density at radius 3 is 2.88 bits per heavy atom. The van der Waals surface area contributed by atoms with Crippen molar-refractivity contribution in [3.8, 4) is 0 Å². The van der Waals surface area contributed by atoms with Crippen LogP contribution in [0.2, 0.25) is 0 Å². The molecule has 2 N–H and O–H groups in total. The van der Waals surface area contributed by atoms with E-state index in [0.29, 0.717) is 13.1 Å². The number of H-pyrrole nitrogens is 1. The lowest BCUT2D eigenvalue weighted by atomic mass is 10.1. The summed E-state index contributed by atoms with van der Waals surface area (Å²) < 4.78 is 0. The number of benzene rings is 2. The van der Waals surface area contributed by atoms with E-state index in [4.69, 9.17) is 0 Å². The van der Waals surface area contributed by atoms with Crippen molar-refractivity contribution < 1.29 is 9.59 Å². The zero-order valence-electron chi connectivity index (χ0n) is 13.1. The van der Waals surface area contributed by atoms with Gasteiger partial charge in [-0.3, -0.25) is 9.59 Å². The average molecular weight is 319 g/mol. The van der Waals surface area contributed by atoms with Gasteiger partial charge in [0.1, 0.15) is 0 Å². The first kappa shape index (κ1) is 14.5. The molecule has 120 valence electrons. The lowest BCUT2D eigenvalue weighted by molar-refractivity contribution is -0.116. The molecule has 2 amide bonds. The fraction of sp³-hybridized carbons (Fsp3) is 0.158. The Balaban J connectivity index is 1.40. The summed E-state index contributed by atoms with van der Waals surface area (Å²) in [6.45, 7) is 0.998. The Hall–Kier alpha value is -3.08. The lowest BCUT2D eigenvalue weighted by Gasteiger charge is -2.15. The number of rotatable bonds is 4. The van der Waals surface area contributed by atoms with Gasteiger partial charge >= 0.3 is 0 Å². The van der Waals surface area contributed by atoms with Gasteiger partial charge in [-0.2, -0.15) is 0 Å².